The largest absolute Gasteiger partial charge is 0.493 e. The maximum Gasteiger partial charge on any atom is 0.161 e. The third-order valence-corrected chi connectivity index (χ3v) is 5.64. The molecule has 22 heavy (non-hydrogen) atoms. The van der Waals surface area contributed by atoms with Gasteiger partial charge >= 0.3 is 0 Å². The van der Waals surface area contributed by atoms with Crippen molar-refractivity contribution in [3.8, 4) is 11.5 Å². The van der Waals surface area contributed by atoms with E-state index in [9.17, 15) is 0 Å². The molecule has 120 valence electrons. The Hall–Kier alpha value is -1.55. The van der Waals surface area contributed by atoms with Crippen molar-refractivity contribution in [2.75, 3.05) is 34.9 Å². The smallest absolute Gasteiger partial charge is 0.161 e. The molecular formula is C18H26N2O2. The van der Waals surface area contributed by atoms with E-state index >= 15 is 0 Å². The van der Waals surface area contributed by atoms with Crippen molar-refractivity contribution < 1.29 is 9.47 Å². The lowest BCUT2D eigenvalue weighted by Crippen LogP contribution is -2.46. The van der Waals surface area contributed by atoms with Crippen LogP contribution >= 0.6 is 0 Å². The van der Waals surface area contributed by atoms with Gasteiger partial charge in [0.25, 0.3) is 0 Å². The first-order chi connectivity index (χ1) is 10.6. The quantitative estimate of drug-likeness (QED) is 0.861. The van der Waals surface area contributed by atoms with Crippen molar-refractivity contribution in [1.82, 2.24) is 4.90 Å². The lowest BCUT2D eigenvalue weighted by atomic mass is 9.65. The van der Waals surface area contributed by atoms with E-state index in [1.165, 1.54) is 24.1 Å². The second kappa shape index (κ2) is 5.92. The van der Waals surface area contributed by atoms with Gasteiger partial charge < -0.3 is 14.4 Å². The zero-order valence-corrected chi connectivity index (χ0v) is 14.1. The van der Waals surface area contributed by atoms with Gasteiger partial charge in [-0.2, -0.15) is 0 Å². The van der Waals surface area contributed by atoms with Crippen LogP contribution in [0.3, 0.4) is 0 Å². The SMILES string of the molecule is C/N=C1\CC[C@@]2(c3ccc(OC)c(OC)c3)CCN(C)[C@H]2C1. The number of aliphatic imine (C=N–C) groups is 1. The van der Waals surface area contributed by atoms with E-state index in [0.29, 0.717) is 6.04 Å². The average molecular weight is 302 g/mol. The zero-order valence-electron chi connectivity index (χ0n) is 14.1. The Morgan fingerprint density at radius 1 is 1.18 bits per heavy atom. The van der Waals surface area contributed by atoms with E-state index in [1.807, 2.05) is 13.1 Å². The van der Waals surface area contributed by atoms with Crippen molar-refractivity contribution in [1.29, 1.82) is 0 Å². The highest BCUT2D eigenvalue weighted by atomic mass is 16.5. The van der Waals surface area contributed by atoms with Crippen LogP contribution in [0.2, 0.25) is 0 Å². The second-order valence-corrected chi connectivity index (χ2v) is 6.47. The normalized spacial score (nSPS) is 30.4. The Labute approximate surface area is 133 Å². The fourth-order valence-electron chi connectivity index (χ4n) is 4.29. The van der Waals surface area contributed by atoms with Crippen molar-refractivity contribution >= 4 is 5.71 Å². The summed E-state index contributed by atoms with van der Waals surface area (Å²) in [7, 11) is 7.56. The van der Waals surface area contributed by atoms with Crippen molar-refractivity contribution in [2.24, 2.45) is 4.99 Å². The molecule has 1 aliphatic carbocycles. The van der Waals surface area contributed by atoms with Gasteiger partial charge in [0.2, 0.25) is 0 Å². The molecule has 0 aromatic heterocycles. The minimum absolute atomic E-state index is 0.225. The number of ether oxygens (including phenoxy) is 2. The van der Waals surface area contributed by atoms with Crippen LogP contribution in [-0.2, 0) is 5.41 Å². The molecule has 1 saturated heterocycles. The predicted octanol–water partition coefficient (Wildman–Crippen LogP) is 2.90. The molecule has 1 saturated carbocycles. The van der Waals surface area contributed by atoms with Crippen molar-refractivity contribution in [3.63, 3.8) is 0 Å². The summed E-state index contributed by atoms with van der Waals surface area (Å²) < 4.78 is 10.9. The summed E-state index contributed by atoms with van der Waals surface area (Å²) in [6, 6.07) is 6.99. The van der Waals surface area contributed by atoms with Crippen LogP contribution in [-0.4, -0.2) is 51.5 Å². The third kappa shape index (κ3) is 2.30. The summed E-state index contributed by atoms with van der Waals surface area (Å²) in [5, 5.41) is 0. The first-order valence-corrected chi connectivity index (χ1v) is 8.02. The van der Waals surface area contributed by atoms with E-state index in [4.69, 9.17) is 9.47 Å². The van der Waals surface area contributed by atoms with Gasteiger partial charge in [-0.1, -0.05) is 6.07 Å². The topological polar surface area (TPSA) is 34.1 Å². The molecule has 1 aliphatic heterocycles. The first kappa shape index (κ1) is 15.3. The Morgan fingerprint density at radius 3 is 2.64 bits per heavy atom. The maximum absolute atomic E-state index is 5.52. The first-order valence-electron chi connectivity index (χ1n) is 8.02. The molecule has 0 spiro atoms. The van der Waals surface area contributed by atoms with Gasteiger partial charge in [0.15, 0.2) is 11.5 Å². The van der Waals surface area contributed by atoms with Gasteiger partial charge in [-0.3, -0.25) is 4.99 Å². The molecule has 4 nitrogen and oxygen atoms in total. The van der Waals surface area contributed by atoms with Crippen LogP contribution < -0.4 is 9.47 Å². The molecule has 2 aliphatic rings. The number of fused-ring (bicyclic) bond motifs is 1. The van der Waals surface area contributed by atoms with Gasteiger partial charge in [-0.15, -0.1) is 0 Å². The minimum atomic E-state index is 0.225. The van der Waals surface area contributed by atoms with Crippen LogP contribution in [0.5, 0.6) is 11.5 Å². The standard InChI is InChI=1S/C18H26N2O2/c1-19-14-7-8-18(9-10-20(2)17(18)12-14)13-5-6-15(21-3)16(11-13)22-4/h5-6,11,17H,7-10,12H2,1-4H3/b19-14+/t17-,18-/m0/s1. The lowest BCUT2D eigenvalue weighted by molar-refractivity contribution is 0.226. The van der Waals surface area contributed by atoms with E-state index in [-0.39, 0.29) is 5.41 Å². The van der Waals surface area contributed by atoms with Crippen molar-refractivity contribution in [3.05, 3.63) is 23.8 Å². The molecule has 4 heteroatoms. The highest BCUT2D eigenvalue weighted by Crippen LogP contribution is 2.49. The van der Waals surface area contributed by atoms with Crippen LogP contribution in [0, 0.1) is 0 Å². The number of likely N-dealkylation sites (tertiary alicyclic amines) is 1. The molecule has 2 atom stereocenters. The van der Waals surface area contributed by atoms with E-state index < -0.39 is 0 Å². The lowest BCUT2D eigenvalue weighted by Gasteiger charge is -2.42. The van der Waals surface area contributed by atoms with Crippen molar-refractivity contribution in [2.45, 2.75) is 37.1 Å². The third-order valence-electron chi connectivity index (χ3n) is 5.64. The molecule has 2 fully saturated rings. The molecule has 3 rings (SSSR count). The fourth-order valence-corrected chi connectivity index (χ4v) is 4.29. The number of hydrogen-bond donors (Lipinski definition) is 0. The Kier molecular flexibility index (Phi) is 4.13. The maximum atomic E-state index is 5.52. The summed E-state index contributed by atoms with van der Waals surface area (Å²) in [5.41, 5.74) is 2.96. The average Bonchev–Trinajstić information content (AvgIpc) is 2.91. The molecule has 0 unspecified atom stereocenters. The number of hydrogen-bond acceptors (Lipinski definition) is 4. The predicted molar refractivity (Wildman–Crippen MR) is 89.5 cm³/mol. The molecular weight excluding hydrogens is 276 g/mol. The van der Waals surface area contributed by atoms with E-state index in [2.05, 4.69) is 29.1 Å². The van der Waals surface area contributed by atoms with Crippen LogP contribution in [0.15, 0.2) is 23.2 Å². The summed E-state index contributed by atoms with van der Waals surface area (Å²) in [5.74, 6) is 1.63. The Morgan fingerprint density at radius 2 is 1.95 bits per heavy atom. The minimum Gasteiger partial charge on any atom is -0.493 e. The van der Waals surface area contributed by atoms with Crippen LogP contribution in [0.4, 0.5) is 0 Å². The summed E-state index contributed by atoms with van der Waals surface area (Å²) in [4.78, 5) is 6.97. The zero-order chi connectivity index (χ0) is 15.7. The van der Waals surface area contributed by atoms with Gasteiger partial charge in [0.1, 0.15) is 0 Å². The molecule has 1 heterocycles. The number of likely N-dealkylation sites (N-methyl/N-ethyl adjacent to an activating group) is 1. The van der Waals surface area contributed by atoms with Crippen LogP contribution in [0.1, 0.15) is 31.2 Å². The highest BCUT2D eigenvalue weighted by Gasteiger charge is 2.49. The summed E-state index contributed by atoms with van der Waals surface area (Å²) in [6.07, 6.45) is 4.57. The summed E-state index contributed by atoms with van der Waals surface area (Å²) in [6.45, 7) is 1.15. The number of nitrogens with zero attached hydrogens (tertiary/aromatic N) is 2. The van der Waals surface area contributed by atoms with Gasteiger partial charge in [-0.05, 0) is 50.6 Å². The van der Waals surface area contributed by atoms with Gasteiger partial charge in [0, 0.05) is 30.6 Å². The fraction of sp³-hybridized carbons (Fsp3) is 0.611. The Balaban J connectivity index is 2.01. The monoisotopic (exact) mass is 302 g/mol. The number of benzene rings is 1. The molecule has 0 N–H and O–H groups in total. The van der Waals surface area contributed by atoms with Gasteiger partial charge in [-0.25, -0.2) is 0 Å². The second-order valence-electron chi connectivity index (χ2n) is 6.47. The van der Waals surface area contributed by atoms with E-state index in [0.717, 1.165) is 30.9 Å². The molecule has 1 aromatic carbocycles. The van der Waals surface area contributed by atoms with E-state index in [1.54, 1.807) is 14.2 Å². The molecule has 1 aromatic rings. The number of rotatable bonds is 3. The van der Waals surface area contributed by atoms with Gasteiger partial charge in [0.05, 0.1) is 14.2 Å². The van der Waals surface area contributed by atoms with Crippen LogP contribution in [0.25, 0.3) is 0 Å². The number of methoxy groups -OCH3 is 2. The Bertz CT molecular complexity index is 584. The molecule has 0 radical (unpaired) electrons. The molecule has 0 amide bonds. The highest BCUT2D eigenvalue weighted by molar-refractivity contribution is 5.86. The molecule has 0 bridgehead atoms. The summed E-state index contributed by atoms with van der Waals surface area (Å²) >= 11 is 0.